The van der Waals surface area contributed by atoms with Crippen LogP contribution in [-0.4, -0.2) is 4.57 Å². The predicted octanol–water partition coefficient (Wildman–Crippen LogP) is 16.7. The van der Waals surface area contributed by atoms with Crippen LogP contribution in [0.2, 0.25) is 0 Å². The first-order valence-electron chi connectivity index (χ1n) is 21.5. The summed E-state index contributed by atoms with van der Waals surface area (Å²) in [5, 5.41) is 2.47. The van der Waals surface area contributed by atoms with E-state index >= 15 is 0 Å². The van der Waals surface area contributed by atoms with Crippen LogP contribution >= 0.6 is 0 Å². The number of para-hydroxylation sites is 4. The van der Waals surface area contributed by atoms with Gasteiger partial charge in [0, 0.05) is 50.6 Å². The molecule has 1 heterocycles. The van der Waals surface area contributed by atoms with Gasteiger partial charge in [-0.05, 0) is 137 Å². The number of fused-ring (bicyclic) bond motifs is 3. The van der Waals surface area contributed by atoms with E-state index in [1.165, 1.54) is 55.2 Å². The van der Waals surface area contributed by atoms with Crippen LogP contribution < -0.4 is 9.80 Å². The fraction of sp³-hybridized carbons (Fsp3) is 0. The lowest BCUT2D eigenvalue weighted by atomic mass is 10.0. The largest absolute Gasteiger partial charge is 0.311 e. The van der Waals surface area contributed by atoms with Gasteiger partial charge >= 0.3 is 0 Å². The van der Waals surface area contributed by atoms with E-state index in [0.717, 1.165) is 39.8 Å². The smallest absolute Gasteiger partial charge is 0.0541 e. The van der Waals surface area contributed by atoms with Crippen LogP contribution in [0.3, 0.4) is 0 Å². The van der Waals surface area contributed by atoms with Crippen molar-refractivity contribution in [1.82, 2.24) is 4.57 Å². The summed E-state index contributed by atoms with van der Waals surface area (Å²) in [5.74, 6) is 0. The molecule has 0 bridgehead atoms. The number of anilines is 6. The van der Waals surface area contributed by atoms with Crippen molar-refractivity contribution in [2.24, 2.45) is 0 Å². The van der Waals surface area contributed by atoms with Crippen molar-refractivity contribution in [2.75, 3.05) is 9.80 Å². The zero-order valence-electron chi connectivity index (χ0n) is 34.7. The summed E-state index contributed by atoms with van der Waals surface area (Å²) >= 11 is 0. The maximum Gasteiger partial charge on any atom is 0.0541 e. The monoisotopic (exact) mass is 805 g/mol. The van der Waals surface area contributed by atoms with Gasteiger partial charge in [-0.3, -0.25) is 0 Å². The van der Waals surface area contributed by atoms with Crippen molar-refractivity contribution in [3.05, 3.63) is 261 Å². The molecule has 3 heteroatoms. The predicted molar refractivity (Wildman–Crippen MR) is 266 cm³/mol. The van der Waals surface area contributed by atoms with Gasteiger partial charge in [0.05, 0.1) is 11.0 Å². The summed E-state index contributed by atoms with van der Waals surface area (Å²) in [6.45, 7) is 0. The van der Waals surface area contributed by atoms with Crippen LogP contribution in [0, 0.1) is 0 Å². The minimum atomic E-state index is 1.11. The zero-order valence-corrected chi connectivity index (χ0v) is 34.7. The summed E-state index contributed by atoms with van der Waals surface area (Å²) in [7, 11) is 0. The molecule has 0 saturated heterocycles. The third kappa shape index (κ3) is 7.32. The van der Waals surface area contributed by atoms with Crippen LogP contribution in [0.4, 0.5) is 34.1 Å². The highest BCUT2D eigenvalue weighted by Gasteiger charge is 2.17. The lowest BCUT2D eigenvalue weighted by Crippen LogP contribution is -2.09. The molecule has 11 aromatic rings. The Morgan fingerprint density at radius 1 is 0.222 bits per heavy atom. The molecule has 0 aliphatic rings. The summed E-state index contributed by atoms with van der Waals surface area (Å²) in [4.78, 5) is 4.61. The van der Waals surface area contributed by atoms with E-state index in [0.29, 0.717) is 0 Å². The SMILES string of the molecule is c1ccc(-c2ccc(N(c3ccccc3)c3ccc(-c4ccc(-n5c6ccccc6c6cc(-c7ccc(N(c8ccccc8)c8ccccc8)cc7)ccc65)cc4)cc3)cc2)cc1. The fourth-order valence-electron chi connectivity index (χ4n) is 8.90. The standard InChI is InChI=1S/C60H43N3/c1-5-15-44(16-6-1)45-25-34-54(35-26-45)62(52-21-11-4-12-22-52)55-36-27-46(28-37-55)47-29-40-56(41-30-47)63-59-24-14-13-23-57(59)58-43-49(33-42-60(58)63)48-31-38-53(39-32-48)61(50-17-7-2-8-18-50)51-19-9-3-10-20-51/h1-43H. The number of rotatable bonds is 10. The number of nitrogens with zero attached hydrogens (tertiary/aromatic N) is 3. The second-order valence-corrected chi connectivity index (χ2v) is 15.8. The van der Waals surface area contributed by atoms with Crippen LogP contribution in [-0.2, 0) is 0 Å². The minimum Gasteiger partial charge on any atom is -0.311 e. The lowest BCUT2D eigenvalue weighted by Gasteiger charge is -2.26. The molecule has 0 spiro atoms. The molecular weight excluding hydrogens is 763 g/mol. The first-order chi connectivity index (χ1) is 31.2. The molecule has 63 heavy (non-hydrogen) atoms. The molecule has 0 aliphatic carbocycles. The van der Waals surface area contributed by atoms with Crippen molar-refractivity contribution < 1.29 is 0 Å². The van der Waals surface area contributed by atoms with E-state index in [1.807, 2.05) is 0 Å². The Hall–Kier alpha value is -8.40. The van der Waals surface area contributed by atoms with Crippen LogP contribution in [0.25, 0.3) is 60.9 Å². The maximum atomic E-state index is 2.39. The quantitative estimate of drug-likeness (QED) is 0.136. The van der Waals surface area contributed by atoms with E-state index in [-0.39, 0.29) is 0 Å². The molecule has 0 fully saturated rings. The highest BCUT2D eigenvalue weighted by Crippen LogP contribution is 2.40. The first kappa shape index (κ1) is 37.6. The molecule has 0 N–H and O–H groups in total. The van der Waals surface area contributed by atoms with Crippen molar-refractivity contribution >= 4 is 55.9 Å². The molecule has 10 aromatic carbocycles. The third-order valence-corrected chi connectivity index (χ3v) is 12.0. The van der Waals surface area contributed by atoms with Crippen LogP contribution in [0.15, 0.2) is 261 Å². The van der Waals surface area contributed by atoms with Gasteiger partial charge in [-0.1, -0.05) is 158 Å². The second-order valence-electron chi connectivity index (χ2n) is 15.8. The average Bonchev–Trinajstić information content (AvgIpc) is 3.70. The van der Waals surface area contributed by atoms with E-state index < -0.39 is 0 Å². The van der Waals surface area contributed by atoms with Gasteiger partial charge in [-0.25, -0.2) is 0 Å². The van der Waals surface area contributed by atoms with Gasteiger partial charge in [-0.15, -0.1) is 0 Å². The Kier molecular flexibility index (Phi) is 9.89. The Labute approximate surface area is 368 Å². The van der Waals surface area contributed by atoms with E-state index in [4.69, 9.17) is 0 Å². The zero-order chi connectivity index (χ0) is 42.0. The molecule has 0 atom stereocenters. The van der Waals surface area contributed by atoms with Crippen molar-refractivity contribution in [2.45, 2.75) is 0 Å². The molecule has 298 valence electrons. The molecule has 0 radical (unpaired) electrons. The minimum absolute atomic E-state index is 1.11. The first-order valence-corrected chi connectivity index (χ1v) is 21.5. The molecular formula is C60H43N3. The molecule has 3 nitrogen and oxygen atoms in total. The van der Waals surface area contributed by atoms with Gasteiger partial charge in [0.15, 0.2) is 0 Å². The van der Waals surface area contributed by atoms with E-state index in [1.54, 1.807) is 0 Å². The van der Waals surface area contributed by atoms with E-state index in [2.05, 4.69) is 275 Å². The number of hydrogen-bond acceptors (Lipinski definition) is 2. The van der Waals surface area contributed by atoms with Crippen molar-refractivity contribution in [3.8, 4) is 39.1 Å². The molecule has 0 amide bonds. The topological polar surface area (TPSA) is 11.4 Å². The van der Waals surface area contributed by atoms with Crippen molar-refractivity contribution in [3.63, 3.8) is 0 Å². The molecule has 0 unspecified atom stereocenters. The average molecular weight is 806 g/mol. The Morgan fingerprint density at radius 2 is 0.540 bits per heavy atom. The van der Waals surface area contributed by atoms with Gasteiger partial charge < -0.3 is 14.4 Å². The molecule has 0 aliphatic heterocycles. The number of aromatic nitrogens is 1. The Morgan fingerprint density at radius 3 is 1.00 bits per heavy atom. The summed E-state index contributed by atoms with van der Waals surface area (Å²) in [5.41, 5.74) is 17.4. The molecule has 11 rings (SSSR count). The number of benzene rings is 10. The molecule has 0 saturated carbocycles. The third-order valence-electron chi connectivity index (χ3n) is 12.0. The Balaban J connectivity index is 0.882. The lowest BCUT2D eigenvalue weighted by molar-refractivity contribution is 1.18. The van der Waals surface area contributed by atoms with Crippen LogP contribution in [0.1, 0.15) is 0 Å². The highest BCUT2D eigenvalue weighted by molar-refractivity contribution is 6.10. The summed E-state index contributed by atoms with van der Waals surface area (Å²) in [6.07, 6.45) is 0. The van der Waals surface area contributed by atoms with Crippen molar-refractivity contribution in [1.29, 1.82) is 0 Å². The summed E-state index contributed by atoms with van der Waals surface area (Å²) in [6, 6.07) is 93.5. The fourth-order valence-corrected chi connectivity index (χ4v) is 8.90. The normalized spacial score (nSPS) is 11.2. The maximum absolute atomic E-state index is 2.39. The van der Waals surface area contributed by atoms with Gasteiger partial charge in [-0.2, -0.15) is 0 Å². The summed E-state index contributed by atoms with van der Waals surface area (Å²) < 4.78 is 2.39. The Bertz CT molecular complexity index is 3230. The van der Waals surface area contributed by atoms with Gasteiger partial charge in [0.25, 0.3) is 0 Å². The van der Waals surface area contributed by atoms with Gasteiger partial charge in [0.1, 0.15) is 0 Å². The molecule has 1 aromatic heterocycles. The highest BCUT2D eigenvalue weighted by atomic mass is 15.1. The second kappa shape index (κ2) is 16.6. The van der Waals surface area contributed by atoms with Gasteiger partial charge in [0.2, 0.25) is 0 Å². The van der Waals surface area contributed by atoms with Crippen LogP contribution in [0.5, 0.6) is 0 Å². The van der Waals surface area contributed by atoms with E-state index in [9.17, 15) is 0 Å². The number of hydrogen-bond donors (Lipinski definition) is 0.